The van der Waals surface area contributed by atoms with Crippen LogP contribution in [-0.4, -0.2) is 24.5 Å². The topological polar surface area (TPSA) is 105 Å². The number of furan rings is 1. The number of hydrogen-bond donors (Lipinski definition) is 1. The van der Waals surface area contributed by atoms with E-state index in [4.69, 9.17) is 19.2 Å². The summed E-state index contributed by atoms with van der Waals surface area (Å²) >= 11 is 1.15. The van der Waals surface area contributed by atoms with Crippen molar-refractivity contribution in [1.29, 1.82) is 5.26 Å². The predicted octanol–water partition coefficient (Wildman–Crippen LogP) is 1.43. The summed E-state index contributed by atoms with van der Waals surface area (Å²) in [4.78, 5) is 26.8. The molecule has 27 heavy (non-hydrogen) atoms. The Labute approximate surface area is 157 Å². The zero-order valence-electron chi connectivity index (χ0n) is 14.2. The first-order valence-corrected chi connectivity index (χ1v) is 8.60. The number of aromatic nitrogens is 1. The average Bonchev–Trinajstić information content (AvgIpc) is 3.31. The van der Waals surface area contributed by atoms with Gasteiger partial charge in [-0.3, -0.25) is 9.59 Å². The van der Waals surface area contributed by atoms with Crippen LogP contribution in [-0.2, 0) is 0 Å². The highest BCUT2D eigenvalue weighted by Crippen LogP contribution is 2.28. The van der Waals surface area contributed by atoms with Crippen molar-refractivity contribution in [3.8, 4) is 17.6 Å². The molecule has 2 heterocycles. The van der Waals surface area contributed by atoms with Crippen LogP contribution in [0.4, 0.5) is 0 Å². The van der Waals surface area contributed by atoms with Gasteiger partial charge < -0.3 is 18.9 Å². The van der Waals surface area contributed by atoms with Gasteiger partial charge in [-0.2, -0.15) is 5.26 Å². The number of benzene rings is 1. The Hall–Kier alpha value is -3.57. The van der Waals surface area contributed by atoms with Crippen molar-refractivity contribution in [2.45, 2.75) is 0 Å². The molecule has 0 aliphatic heterocycles. The fourth-order valence-corrected chi connectivity index (χ4v) is 3.17. The fraction of sp³-hybridized carbons (Fsp3) is 0.105. The number of rotatable bonds is 6. The molecule has 0 fully saturated rings. The highest BCUT2D eigenvalue weighted by atomic mass is 32.1. The molecule has 0 radical (unpaired) electrons. The number of nitrogens with one attached hydrogen (secondary N) is 1. The highest BCUT2D eigenvalue weighted by molar-refractivity contribution is 7.07. The van der Waals surface area contributed by atoms with E-state index in [1.165, 1.54) is 19.4 Å². The third-order valence-corrected chi connectivity index (χ3v) is 4.45. The maximum atomic E-state index is 12.2. The number of aromatic amines is 1. The van der Waals surface area contributed by atoms with E-state index < -0.39 is 0 Å². The Bertz CT molecular complexity index is 1170. The minimum absolute atomic E-state index is 0.0904. The molecule has 3 aromatic rings. The van der Waals surface area contributed by atoms with E-state index >= 15 is 0 Å². The van der Waals surface area contributed by atoms with Gasteiger partial charge in [0.15, 0.2) is 23.9 Å². The minimum atomic E-state index is -0.329. The molecule has 1 N–H and O–H groups in total. The second-order valence-corrected chi connectivity index (χ2v) is 6.36. The molecule has 0 bridgehead atoms. The van der Waals surface area contributed by atoms with Crippen molar-refractivity contribution in [3.63, 3.8) is 0 Å². The number of ether oxygens (including phenoxy) is 2. The molecule has 2 aromatic heterocycles. The maximum Gasteiger partial charge on any atom is 0.266 e. The fourth-order valence-electron chi connectivity index (χ4n) is 2.29. The predicted molar refractivity (Wildman–Crippen MR) is 99.4 cm³/mol. The van der Waals surface area contributed by atoms with Crippen LogP contribution in [0.15, 0.2) is 45.8 Å². The molecule has 0 aliphatic rings. The quantitative estimate of drug-likeness (QED) is 0.647. The zero-order valence-corrected chi connectivity index (χ0v) is 15.0. The Morgan fingerprint density at radius 1 is 1.37 bits per heavy atom. The Morgan fingerprint density at radius 2 is 2.22 bits per heavy atom. The highest BCUT2D eigenvalue weighted by Gasteiger charge is 2.07. The Morgan fingerprint density at radius 3 is 2.93 bits per heavy atom. The Kier molecular flexibility index (Phi) is 5.54. The van der Waals surface area contributed by atoms with Crippen molar-refractivity contribution in [1.82, 2.24) is 4.98 Å². The normalized spacial score (nSPS) is 12.0. The van der Waals surface area contributed by atoms with Gasteiger partial charge >= 0.3 is 0 Å². The van der Waals surface area contributed by atoms with Crippen LogP contribution in [0, 0.1) is 11.3 Å². The number of thiazole rings is 1. The van der Waals surface area contributed by atoms with E-state index in [1.807, 2.05) is 6.07 Å². The van der Waals surface area contributed by atoms with E-state index in [1.54, 1.807) is 36.4 Å². The lowest BCUT2D eigenvalue weighted by Crippen LogP contribution is -2.20. The third kappa shape index (κ3) is 4.34. The lowest BCUT2D eigenvalue weighted by molar-refractivity contribution is 0.103. The van der Waals surface area contributed by atoms with Crippen LogP contribution >= 0.6 is 11.3 Å². The van der Waals surface area contributed by atoms with E-state index in [0.717, 1.165) is 11.3 Å². The van der Waals surface area contributed by atoms with Crippen molar-refractivity contribution in [2.75, 3.05) is 13.7 Å². The molecular weight excluding hydrogens is 368 g/mol. The second-order valence-electron chi connectivity index (χ2n) is 5.27. The van der Waals surface area contributed by atoms with Crippen LogP contribution in [0.1, 0.15) is 16.1 Å². The first-order chi connectivity index (χ1) is 13.1. The van der Waals surface area contributed by atoms with E-state index in [2.05, 4.69) is 4.98 Å². The number of carbonyl (C=O) groups is 1. The Balaban J connectivity index is 1.94. The number of Topliss-reactive ketones (excluding diaryl/α,β-unsaturated/α-hetero) is 1. The molecule has 0 spiro atoms. The number of H-pyrrole nitrogens is 1. The minimum Gasteiger partial charge on any atom is -0.493 e. The summed E-state index contributed by atoms with van der Waals surface area (Å²) in [6.45, 7) is -0.0904. The average molecular weight is 382 g/mol. The maximum absolute atomic E-state index is 12.2. The molecule has 8 heteroatoms. The summed E-state index contributed by atoms with van der Waals surface area (Å²) in [5, 5.41) is 8.60. The molecule has 3 rings (SSSR count). The molecule has 0 saturated heterocycles. The van der Waals surface area contributed by atoms with Crippen molar-refractivity contribution >= 4 is 29.3 Å². The number of carbonyl (C=O) groups excluding carboxylic acids is 1. The van der Waals surface area contributed by atoms with Crippen LogP contribution in [0.25, 0.3) is 12.2 Å². The number of hydrogen-bond acceptors (Lipinski definition) is 7. The van der Waals surface area contributed by atoms with Crippen molar-refractivity contribution in [3.05, 3.63) is 67.5 Å². The van der Waals surface area contributed by atoms with Crippen molar-refractivity contribution < 1.29 is 18.7 Å². The van der Waals surface area contributed by atoms with Crippen molar-refractivity contribution in [2.24, 2.45) is 0 Å². The number of nitriles is 1. The van der Waals surface area contributed by atoms with Gasteiger partial charge in [-0.15, -0.1) is 11.3 Å². The smallest absolute Gasteiger partial charge is 0.266 e. The summed E-state index contributed by atoms with van der Waals surface area (Å²) in [5.41, 5.74) is 0.412. The van der Waals surface area contributed by atoms with E-state index in [-0.39, 0.29) is 23.7 Å². The van der Waals surface area contributed by atoms with Gasteiger partial charge in [0.2, 0.25) is 5.78 Å². The summed E-state index contributed by atoms with van der Waals surface area (Å²) in [5.74, 6) is 0.762. The van der Waals surface area contributed by atoms with Crippen LogP contribution < -0.4 is 24.2 Å². The van der Waals surface area contributed by atoms with Gasteiger partial charge in [-0.1, -0.05) is 6.07 Å². The van der Waals surface area contributed by atoms with Crippen LogP contribution in [0.5, 0.6) is 11.5 Å². The summed E-state index contributed by atoms with van der Waals surface area (Å²) in [6.07, 6.45) is 4.41. The number of methoxy groups -OCH3 is 1. The molecule has 0 saturated carbocycles. The van der Waals surface area contributed by atoms with Crippen LogP contribution in [0.3, 0.4) is 0 Å². The first-order valence-electron chi connectivity index (χ1n) is 7.79. The lowest BCUT2D eigenvalue weighted by atomic mass is 10.2. The lowest BCUT2D eigenvalue weighted by Gasteiger charge is -2.08. The summed E-state index contributed by atoms with van der Waals surface area (Å²) in [6, 6.07) is 10.2. The number of ketones is 1. The third-order valence-electron chi connectivity index (χ3n) is 3.48. The van der Waals surface area contributed by atoms with E-state index in [0.29, 0.717) is 26.3 Å². The molecular formula is C19H14N2O5S. The SMILES string of the molecule is COc1cc(/C=c2\s/c(=C\C(=O)c3ccco3)[nH]c2=O)ccc1OCC#N. The van der Waals surface area contributed by atoms with Gasteiger partial charge in [0.25, 0.3) is 5.56 Å². The molecule has 136 valence electrons. The molecule has 1 aromatic carbocycles. The number of nitrogens with zero attached hydrogens (tertiary/aromatic N) is 1. The monoisotopic (exact) mass is 382 g/mol. The molecule has 0 atom stereocenters. The largest absolute Gasteiger partial charge is 0.493 e. The van der Waals surface area contributed by atoms with Crippen LogP contribution in [0.2, 0.25) is 0 Å². The van der Waals surface area contributed by atoms with Gasteiger partial charge in [0, 0.05) is 6.08 Å². The molecule has 7 nitrogen and oxygen atoms in total. The first kappa shape index (κ1) is 18.2. The van der Waals surface area contributed by atoms with Gasteiger partial charge in [-0.25, -0.2) is 0 Å². The summed E-state index contributed by atoms with van der Waals surface area (Å²) in [7, 11) is 1.49. The molecule has 0 unspecified atom stereocenters. The van der Waals surface area contributed by atoms with E-state index in [9.17, 15) is 9.59 Å². The standard InChI is InChI=1S/C19H14N2O5S/c1-24-16-9-12(4-5-15(16)26-8-6-20)10-17-19(23)21-18(27-17)11-13(22)14-3-2-7-25-14/h2-5,7,9-11H,8H2,1H3,(H,21,23)/b17-10-,18-11-. The van der Waals surface area contributed by atoms with Gasteiger partial charge in [0.05, 0.1) is 22.6 Å². The van der Waals surface area contributed by atoms with Gasteiger partial charge in [-0.05, 0) is 35.9 Å². The molecule has 0 aliphatic carbocycles. The molecule has 0 amide bonds. The summed E-state index contributed by atoms with van der Waals surface area (Å²) < 4.78 is 16.4. The zero-order chi connectivity index (χ0) is 19.2. The second kappa shape index (κ2) is 8.21. The van der Waals surface area contributed by atoms with Gasteiger partial charge in [0.1, 0.15) is 6.07 Å².